The molecule has 0 aromatic carbocycles. The second-order valence-corrected chi connectivity index (χ2v) is 5.99. The quantitative estimate of drug-likeness (QED) is 0.630. The lowest BCUT2D eigenvalue weighted by atomic mass is 10.3. The summed E-state index contributed by atoms with van der Waals surface area (Å²) >= 11 is 0. The maximum Gasteiger partial charge on any atom is 0.244 e. The first-order valence-corrected chi connectivity index (χ1v) is 8.43. The average Bonchev–Trinajstić information content (AvgIpc) is 3.22. The highest BCUT2D eigenvalue weighted by molar-refractivity contribution is 5.91. The number of nitrogens with one attached hydrogen (secondary N) is 1. The van der Waals surface area contributed by atoms with Gasteiger partial charge in [-0.05, 0) is 63.5 Å². The van der Waals surface area contributed by atoms with Gasteiger partial charge in [0.1, 0.15) is 5.65 Å². The van der Waals surface area contributed by atoms with Crippen LogP contribution in [0.5, 0.6) is 0 Å². The Morgan fingerprint density at radius 2 is 2.13 bits per heavy atom. The van der Waals surface area contributed by atoms with Crippen molar-refractivity contribution < 1.29 is 4.79 Å². The van der Waals surface area contributed by atoms with Gasteiger partial charge in [0.15, 0.2) is 0 Å². The van der Waals surface area contributed by atoms with E-state index < -0.39 is 0 Å². The zero-order valence-electron chi connectivity index (χ0n) is 13.4. The van der Waals surface area contributed by atoms with E-state index in [1.165, 1.54) is 25.9 Å². The molecule has 3 rings (SSSR count). The molecule has 3 heterocycles. The van der Waals surface area contributed by atoms with Crippen LogP contribution in [0.15, 0.2) is 36.7 Å². The molecule has 0 spiro atoms. The predicted octanol–water partition coefficient (Wildman–Crippen LogP) is 2.34. The van der Waals surface area contributed by atoms with Crippen LogP contribution in [0.2, 0.25) is 0 Å². The number of rotatable bonds is 7. The predicted molar refractivity (Wildman–Crippen MR) is 92.1 cm³/mol. The Kier molecular flexibility index (Phi) is 5.42. The van der Waals surface area contributed by atoms with Gasteiger partial charge in [-0.2, -0.15) is 0 Å². The molecule has 0 unspecified atom stereocenters. The fraction of sp³-hybridized carbons (Fsp3) is 0.444. The molecule has 0 aliphatic carbocycles. The molecule has 0 atom stereocenters. The van der Waals surface area contributed by atoms with Gasteiger partial charge in [0.25, 0.3) is 0 Å². The molecule has 0 saturated carbocycles. The van der Waals surface area contributed by atoms with Gasteiger partial charge in [0.2, 0.25) is 5.91 Å². The summed E-state index contributed by atoms with van der Waals surface area (Å²) in [5, 5.41) is 2.94. The van der Waals surface area contributed by atoms with Crippen molar-refractivity contribution >= 4 is 17.6 Å². The summed E-state index contributed by atoms with van der Waals surface area (Å²) in [6.45, 7) is 4.39. The van der Waals surface area contributed by atoms with Gasteiger partial charge >= 0.3 is 0 Å². The zero-order chi connectivity index (χ0) is 15.9. The number of hydrogen-bond donors (Lipinski definition) is 1. The van der Waals surface area contributed by atoms with Crippen molar-refractivity contribution in [1.82, 2.24) is 19.6 Å². The molecule has 1 fully saturated rings. The molecule has 1 amide bonds. The highest BCUT2D eigenvalue weighted by atomic mass is 16.1. The van der Waals surface area contributed by atoms with Crippen LogP contribution in [0, 0.1) is 0 Å². The van der Waals surface area contributed by atoms with Crippen molar-refractivity contribution in [2.45, 2.75) is 25.7 Å². The lowest BCUT2D eigenvalue weighted by Crippen LogP contribution is -2.24. The number of aromatic nitrogens is 2. The van der Waals surface area contributed by atoms with E-state index in [4.69, 9.17) is 0 Å². The third kappa shape index (κ3) is 4.42. The lowest BCUT2D eigenvalue weighted by molar-refractivity contribution is -0.116. The third-order valence-corrected chi connectivity index (χ3v) is 4.25. The molecule has 0 bridgehead atoms. The Labute approximate surface area is 137 Å². The number of amides is 1. The number of pyridine rings is 1. The monoisotopic (exact) mass is 312 g/mol. The van der Waals surface area contributed by atoms with Gasteiger partial charge in [0, 0.05) is 18.8 Å². The van der Waals surface area contributed by atoms with Crippen molar-refractivity contribution in [2.75, 3.05) is 26.2 Å². The molecule has 122 valence electrons. The molecular formula is C18H24N4O. The maximum absolute atomic E-state index is 11.9. The number of nitrogens with zero attached hydrogens (tertiary/aromatic N) is 3. The molecule has 5 heteroatoms. The average molecular weight is 312 g/mol. The van der Waals surface area contributed by atoms with Crippen LogP contribution >= 0.6 is 0 Å². The number of unbranched alkanes of at least 4 members (excludes halogenated alkanes) is 1. The highest BCUT2D eigenvalue weighted by Crippen LogP contribution is 2.08. The Balaban J connectivity index is 1.38. The van der Waals surface area contributed by atoms with E-state index in [1.54, 1.807) is 18.3 Å². The van der Waals surface area contributed by atoms with Gasteiger partial charge in [0.05, 0.1) is 11.9 Å². The summed E-state index contributed by atoms with van der Waals surface area (Å²) in [4.78, 5) is 18.7. The summed E-state index contributed by atoms with van der Waals surface area (Å²) in [5.41, 5.74) is 1.79. The number of hydrogen-bond acceptors (Lipinski definition) is 3. The SMILES string of the molecule is O=C(/C=C/c1cnc2ccccn12)NCCCCN1CCCC1. The van der Waals surface area contributed by atoms with Gasteiger partial charge in [-0.25, -0.2) is 4.98 Å². The smallest absolute Gasteiger partial charge is 0.244 e. The number of carbonyl (C=O) groups excluding carboxylic acids is 1. The number of imidazole rings is 1. The largest absolute Gasteiger partial charge is 0.353 e. The molecule has 0 radical (unpaired) electrons. The Bertz CT molecular complexity index is 670. The molecule has 2 aromatic rings. The van der Waals surface area contributed by atoms with Crippen molar-refractivity contribution in [2.24, 2.45) is 0 Å². The van der Waals surface area contributed by atoms with E-state index in [1.807, 2.05) is 28.8 Å². The molecular weight excluding hydrogens is 288 g/mol. The first kappa shape index (κ1) is 15.7. The van der Waals surface area contributed by atoms with Crippen LogP contribution in [0.3, 0.4) is 0 Å². The Morgan fingerprint density at radius 1 is 1.26 bits per heavy atom. The fourth-order valence-electron chi connectivity index (χ4n) is 2.97. The van der Waals surface area contributed by atoms with Gasteiger partial charge in [-0.3, -0.25) is 4.79 Å². The molecule has 5 nitrogen and oxygen atoms in total. The van der Waals surface area contributed by atoms with Crippen LogP contribution in [-0.2, 0) is 4.79 Å². The van der Waals surface area contributed by atoms with Crippen LogP contribution < -0.4 is 5.32 Å². The van der Waals surface area contributed by atoms with E-state index >= 15 is 0 Å². The standard InChI is InChI=1S/C18H24N4O/c23-18(19-10-2-4-11-21-12-5-6-13-21)9-8-16-15-20-17-7-1-3-14-22(16)17/h1,3,7-9,14-15H,2,4-6,10-13H2,(H,19,23)/b9-8+. The lowest BCUT2D eigenvalue weighted by Gasteiger charge is -2.13. The topological polar surface area (TPSA) is 49.6 Å². The minimum atomic E-state index is -0.0444. The molecule has 23 heavy (non-hydrogen) atoms. The summed E-state index contributed by atoms with van der Waals surface area (Å²) in [7, 11) is 0. The first-order chi connectivity index (χ1) is 11.3. The van der Waals surface area contributed by atoms with E-state index in [-0.39, 0.29) is 5.91 Å². The zero-order valence-corrected chi connectivity index (χ0v) is 13.4. The number of likely N-dealkylation sites (tertiary alicyclic amines) is 1. The van der Waals surface area contributed by atoms with E-state index in [9.17, 15) is 4.79 Å². The molecule has 1 aliphatic rings. The van der Waals surface area contributed by atoms with Gasteiger partial charge in [-0.15, -0.1) is 0 Å². The van der Waals surface area contributed by atoms with Gasteiger partial charge in [-0.1, -0.05) is 6.07 Å². The number of carbonyl (C=O) groups is 1. The van der Waals surface area contributed by atoms with Crippen LogP contribution in [0.4, 0.5) is 0 Å². The first-order valence-electron chi connectivity index (χ1n) is 8.43. The highest BCUT2D eigenvalue weighted by Gasteiger charge is 2.10. The Morgan fingerprint density at radius 3 is 3.00 bits per heavy atom. The second-order valence-electron chi connectivity index (χ2n) is 5.99. The van der Waals surface area contributed by atoms with Crippen LogP contribution in [0.1, 0.15) is 31.4 Å². The van der Waals surface area contributed by atoms with Crippen LogP contribution in [-0.4, -0.2) is 46.4 Å². The second kappa shape index (κ2) is 7.92. The van der Waals surface area contributed by atoms with E-state index in [2.05, 4.69) is 15.2 Å². The third-order valence-electron chi connectivity index (χ3n) is 4.25. The molecule has 1 saturated heterocycles. The minimum Gasteiger partial charge on any atom is -0.353 e. The summed E-state index contributed by atoms with van der Waals surface area (Å²) in [5.74, 6) is -0.0444. The van der Waals surface area contributed by atoms with Crippen molar-refractivity contribution in [1.29, 1.82) is 0 Å². The summed E-state index contributed by atoms with van der Waals surface area (Å²) in [6.07, 6.45) is 12.0. The fourth-order valence-corrected chi connectivity index (χ4v) is 2.97. The maximum atomic E-state index is 11.9. The van der Waals surface area contributed by atoms with Crippen LogP contribution in [0.25, 0.3) is 11.7 Å². The minimum absolute atomic E-state index is 0.0444. The van der Waals surface area contributed by atoms with E-state index in [0.717, 1.165) is 37.3 Å². The summed E-state index contributed by atoms with van der Waals surface area (Å²) < 4.78 is 1.96. The molecule has 1 N–H and O–H groups in total. The van der Waals surface area contributed by atoms with Crippen molar-refractivity contribution in [3.05, 3.63) is 42.4 Å². The Hall–Kier alpha value is -2.14. The molecule has 1 aliphatic heterocycles. The number of fused-ring (bicyclic) bond motifs is 1. The van der Waals surface area contributed by atoms with Gasteiger partial charge < -0.3 is 14.6 Å². The summed E-state index contributed by atoms with van der Waals surface area (Å²) in [6, 6.07) is 5.84. The van der Waals surface area contributed by atoms with Crippen molar-refractivity contribution in [3.8, 4) is 0 Å². The van der Waals surface area contributed by atoms with Crippen molar-refractivity contribution in [3.63, 3.8) is 0 Å². The van der Waals surface area contributed by atoms with E-state index in [0.29, 0.717) is 0 Å². The normalized spacial score (nSPS) is 15.7. The molecule has 2 aromatic heterocycles.